The van der Waals surface area contributed by atoms with Crippen molar-refractivity contribution < 1.29 is 80.2 Å². The molecule has 0 aromatic rings. The second-order valence-electron chi connectivity index (χ2n) is 27.2. The number of aliphatic hydroxyl groups is 1. The average molecular weight is 1340 g/mol. The molecule has 17 nitrogen and oxygen atoms in total. The van der Waals surface area contributed by atoms with Crippen LogP contribution in [0.25, 0.3) is 0 Å². The molecule has 0 saturated carbocycles. The van der Waals surface area contributed by atoms with Gasteiger partial charge in [-0.1, -0.05) is 312 Å². The van der Waals surface area contributed by atoms with Gasteiger partial charge >= 0.3 is 39.5 Å². The first-order valence-electron chi connectivity index (χ1n) is 37.4. The highest BCUT2D eigenvalue weighted by Crippen LogP contribution is 2.45. The highest BCUT2D eigenvalue weighted by molar-refractivity contribution is 7.47. The van der Waals surface area contributed by atoms with E-state index >= 15 is 0 Å². The first-order chi connectivity index (χ1) is 43.8. The van der Waals surface area contributed by atoms with E-state index in [4.69, 9.17) is 37.0 Å². The van der Waals surface area contributed by atoms with E-state index in [1.165, 1.54) is 167 Å². The van der Waals surface area contributed by atoms with E-state index in [0.717, 1.165) is 114 Å². The number of aliphatic hydroxyl groups excluding tert-OH is 1. The van der Waals surface area contributed by atoms with Crippen LogP contribution < -0.4 is 0 Å². The molecule has 3 unspecified atom stereocenters. The minimum atomic E-state index is -4.95. The van der Waals surface area contributed by atoms with Gasteiger partial charge in [-0.25, -0.2) is 9.13 Å². The van der Waals surface area contributed by atoms with Crippen molar-refractivity contribution in [3.05, 3.63) is 0 Å². The van der Waals surface area contributed by atoms with Gasteiger partial charge in [0.1, 0.15) is 19.3 Å². The fourth-order valence-electron chi connectivity index (χ4n) is 10.9. The smallest absolute Gasteiger partial charge is 0.462 e. The van der Waals surface area contributed by atoms with E-state index in [-0.39, 0.29) is 25.7 Å². The zero-order chi connectivity index (χ0) is 67.3. The Hall–Kier alpha value is -1.94. The summed E-state index contributed by atoms with van der Waals surface area (Å²) in [6.07, 6.45) is 47.8. The molecule has 0 rings (SSSR count). The molecule has 0 aliphatic rings. The number of hydrogen-bond acceptors (Lipinski definition) is 15. The first kappa shape index (κ1) is 89.1. The summed E-state index contributed by atoms with van der Waals surface area (Å²) in [6.45, 7) is 11.8. The molecule has 0 heterocycles. The van der Waals surface area contributed by atoms with E-state index in [2.05, 4.69) is 48.5 Å². The van der Waals surface area contributed by atoms with Gasteiger partial charge < -0.3 is 33.8 Å². The van der Waals surface area contributed by atoms with Crippen molar-refractivity contribution in [3.63, 3.8) is 0 Å². The number of ether oxygens (including phenoxy) is 4. The zero-order valence-electron chi connectivity index (χ0n) is 59.3. The molecule has 0 aliphatic heterocycles. The normalized spacial score (nSPS) is 14.5. The second-order valence-corrected chi connectivity index (χ2v) is 30.1. The van der Waals surface area contributed by atoms with Crippen molar-refractivity contribution in [2.24, 2.45) is 17.8 Å². The van der Waals surface area contributed by atoms with Crippen LogP contribution in [0.2, 0.25) is 0 Å². The van der Waals surface area contributed by atoms with Crippen molar-refractivity contribution in [2.45, 2.75) is 381 Å². The second kappa shape index (κ2) is 62.8. The third kappa shape index (κ3) is 65.1. The standard InChI is InChI=1S/C72H140O17P2/c1-8-10-11-36-46-53-69(74)82-59-67(89-72(77)56-49-42-35-34-39-45-52-65(7)9-2)61-86-90(78,79)84-57-66(73)58-85-91(80,81)87-62-68(60-83-70(75)54-47-40-32-28-24-21-20-23-27-31-38-44-51-64(5)6)88-71(76)55-48-41-33-29-25-19-17-15-13-12-14-16-18-22-26-30-37-43-50-63(3)4/h63-68,73H,8-62H2,1-7H3,(H,78,79)(H,80,81)/t65?,66-,67+,68+/m0/s1. The fraction of sp³-hybridized carbons (Fsp3) is 0.944. The number of unbranched alkanes of at least 4 members (excludes halogenated alkanes) is 37. The summed E-state index contributed by atoms with van der Waals surface area (Å²) >= 11 is 0. The number of rotatable bonds is 70. The molecule has 0 spiro atoms. The summed E-state index contributed by atoms with van der Waals surface area (Å²) in [6, 6.07) is 0. The lowest BCUT2D eigenvalue weighted by Gasteiger charge is -2.21. The molecule has 0 fully saturated rings. The Bertz CT molecular complexity index is 1790. The van der Waals surface area contributed by atoms with Crippen molar-refractivity contribution in [3.8, 4) is 0 Å². The van der Waals surface area contributed by atoms with E-state index < -0.39 is 97.5 Å². The van der Waals surface area contributed by atoms with Crippen LogP contribution in [-0.2, 0) is 65.4 Å². The summed E-state index contributed by atoms with van der Waals surface area (Å²) in [5.41, 5.74) is 0. The number of carbonyl (C=O) groups excluding carboxylic acids is 4. The van der Waals surface area contributed by atoms with Crippen molar-refractivity contribution in [2.75, 3.05) is 39.6 Å². The molecule has 19 heteroatoms. The number of phosphoric ester groups is 2. The van der Waals surface area contributed by atoms with Gasteiger partial charge in [-0.05, 0) is 43.4 Å². The highest BCUT2D eigenvalue weighted by atomic mass is 31.2. The minimum Gasteiger partial charge on any atom is -0.462 e. The molecular weight excluding hydrogens is 1200 g/mol. The first-order valence-corrected chi connectivity index (χ1v) is 40.4. The number of carbonyl (C=O) groups is 4. The molecule has 0 aromatic carbocycles. The van der Waals surface area contributed by atoms with Crippen molar-refractivity contribution in [1.29, 1.82) is 0 Å². The molecular formula is C72H140O17P2. The minimum absolute atomic E-state index is 0.102. The Morgan fingerprint density at radius 3 is 0.835 bits per heavy atom. The van der Waals surface area contributed by atoms with Crippen LogP contribution >= 0.6 is 15.6 Å². The molecule has 0 bridgehead atoms. The highest BCUT2D eigenvalue weighted by Gasteiger charge is 2.30. The predicted octanol–water partition coefficient (Wildman–Crippen LogP) is 20.6. The molecule has 3 N–H and O–H groups in total. The third-order valence-electron chi connectivity index (χ3n) is 17.0. The topological polar surface area (TPSA) is 237 Å². The monoisotopic (exact) mass is 1340 g/mol. The quantitative estimate of drug-likeness (QED) is 0.0222. The molecule has 91 heavy (non-hydrogen) atoms. The third-order valence-corrected chi connectivity index (χ3v) is 18.9. The van der Waals surface area contributed by atoms with Crippen molar-refractivity contribution >= 4 is 39.5 Å². The fourth-order valence-corrected chi connectivity index (χ4v) is 12.4. The van der Waals surface area contributed by atoms with Crippen LogP contribution in [0, 0.1) is 17.8 Å². The Morgan fingerprint density at radius 2 is 0.560 bits per heavy atom. The van der Waals surface area contributed by atoms with Gasteiger partial charge in [0.15, 0.2) is 12.2 Å². The summed E-state index contributed by atoms with van der Waals surface area (Å²) in [5, 5.41) is 10.6. The largest absolute Gasteiger partial charge is 0.472 e. The SMILES string of the molecule is CCCCCCCC(=O)OC[C@H](COP(=O)(O)OC[C@H](O)COP(=O)(O)OC[C@@H](COC(=O)CCCCCCCCCCCCCCC(C)C)OC(=O)CCCCCCCCCCCCCCCCCCCCC(C)C)OC(=O)CCCCCCCCC(C)CC. The molecule has 0 saturated heterocycles. The van der Waals surface area contributed by atoms with Gasteiger partial charge in [-0.2, -0.15) is 0 Å². The average Bonchev–Trinajstić information content (AvgIpc) is 3.72. The zero-order valence-corrected chi connectivity index (χ0v) is 61.1. The molecule has 540 valence electrons. The van der Waals surface area contributed by atoms with Crippen molar-refractivity contribution in [1.82, 2.24) is 0 Å². The van der Waals surface area contributed by atoms with Gasteiger partial charge in [0.2, 0.25) is 0 Å². The Morgan fingerprint density at radius 1 is 0.319 bits per heavy atom. The van der Waals surface area contributed by atoms with E-state index in [1.54, 1.807) is 0 Å². The lowest BCUT2D eigenvalue weighted by atomic mass is 10.00. The van der Waals surface area contributed by atoms with Crippen LogP contribution in [0.1, 0.15) is 363 Å². The Labute approximate surface area is 556 Å². The summed E-state index contributed by atoms with van der Waals surface area (Å²) < 4.78 is 68.1. The lowest BCUT2D eigenvalue weighted by Crippen LogP contribution is -2.30. The Balaban J connectivity index is 5.12. The molecule has 0 aromatic heterocycles. The van der Waals surface area contributed by atoms with Crippen LogP contribution in [0.3, 0.4) is 0 Å². The van der Waals surface area contributed by atoms with Gasteiger partial charge in [0.25, 0.3) is 0 Å². The summed E-state index contributed by atoms with van der Waals surface area (Å²) in [7, 11) is -9.89. The molecule has 0 amide bonds. The van der Waals surface area contributed by atoms with E-state index in [9.17, 15) is 43.2 Å². The lowest BCUT2D eigenvalue weighted by molar-refractivity contribution is -0.161. The Kier molecular flexibility index (Phi) is 61.5. The summed E-state index contributed by atoms with van der Waals surface area (Å²) in [5.74, 6) is 0.185. The van der Waals surface area contributed by atoms with Crippen LogP contribution in [0.15, 0.2) is 0 Å². The predicted molar refractivity (Wildman–Crippen MR) is 368 cm³/mol. The molecule has 0 aliphatic carbocycles. The van der Waals surface area contributed by atoms with Crippen LogP contribution in [0.5, 0.6) is 0 Å². The maximum absolute atomic E-state index is 13.1. The van der Waals surface area contributed by atoms with E-state index in [0.29, 0.717) is 25.7 Å². The summed E-state index contributed by atoms with van der Waals surface area (Å²) in [4.78, 5) is 72.3. The van der Waals surface area contributed by atoms with Gasteiger partial charge in [0, 0.05) is 25.7 Å². The molecule has 0 radical (unpaired) electrons. The maximum atomic E-state index is 13.1. The van der Waals surface area contributed by atoms with Crippen LogP contribution in [0.4, 0.5) is 0 Å². The maximum Gasteiger partial charge on any atom is 0.472 e. The number of phosphoric acid groups is 2. The van der Waals surface area contributed by atoms with Gasteiger partial charge in [0.05, 0.1) is 26.4 Å². The van der Waals surface area contributed by atoms with Crippen LogP contribution in [-0.4, -0.2) is 96.7 Å². The van der Waals surface area contributed by atoms with E-state index in [1.807, 2.05) is 0 Å². The number of esters is 4. The van der Waals surface area contributed by atoms with Gasteiger partial charge in [-0.15, -0.1) is 0 Å². The number of hydrogen-bond donors (Lipinski definition) is 3. The molecule has 6 atom stereocenters. The van der Waals surface area contributed by atoms with Gasteiger partial charge in [-0.3, -0.25) is 37.3 Å².